The average Bonchev–Trinajstić information content (AvgIpc) is 2.11. The average molecular weight is 211 g/mol. The number of nitrogens with two attached hydrogens (primary N) is 1. The molecule has 0 aliphatic heterocycles. The monoisotopic (exact) mass is 211 g/mol. The molecule has 0 aromatic rings. The quantitative estimate of drug-likeness (QED) is 0.736. The lowest BCUT2D eigenvalue weighted by molar-refractivity contribution is -0.158. The molecule has 2 saturated carbocycles. The molecular weight excluding hydrogens is 186 g/mol. The molecule has 3 unspecified atom stereocenters. The summed E-state index contributed by atoms with van der Waals surface area (Å²) in [4.78, 5) is 0. The Labute approximate surface area is 93.2 Å². The van der Waals surface area contributed by atoms with Crippen molar-refractivity contribution < 1.29 is 5.11 Å². The number of rotatable bonds is 2. The molecule has 0 amide bonds. The molecule has 0 aromatic heterocycles. The van der Waals surface area contributed by atoms with Crippen molar-refractivity contribution in [2.75, 3.05) is 6.54 Å². The zero-order valence-electron chi connectivity index (χ0n) is 10.1. The maximum absolute atomic E-state index is 10.8. The summed E-state index contributed by atoms with van der Waals surface area (Å²) in [5.41, 5.74) is 5.52. The summed E-state index contributed by atoms with van der Waals surface area (Å²) < 4.78 is 0. The Morgan fingerprint density at radius 1 is 1.20 bits per heavy atom. The second-order valence-corrected chi connectivity index (χ2v) is 6.07. The van der Waals surface area contributed by atoms with Crippen molar-refractivity contribution in [3.63, 3.8) is 0 Å². The van der Waals surface area contributed by atoms with Crippen LogP contribution in [0.4, 0.5) is 0 Å². The summed E-state index contributed by atoms with van der Waals surface area (Å²) in [5.74, 6) is 1.41. The smallest absolute Gasteiger partial charge is 0.0718 e. The first-order valence-electron chi connectivity index (χ1n) is 6.45. The second kappa shape index (κ2) is 3.74. The fraction of sp³-hybridized carbons (Fsp3) is 1.00. The van der Waals surface area contributed by atoms with E-state index in [4.69, 9.17) is 5.73 Å². The van der Waals surface area contributed by atoms with Gasteiger partial charge in [-0.25, -0.2) is 0 Å². The van der Waals surface area contributed by atoms with Crippen LogP contribution < -0.4 is 5.73 Å². The summed E-state index contributed by atoms with van der Waals surface area (Å²) >= 11 is 0. The van der Waals surface area contributed by atoms with Gasteiger partial charge in [0.2, 0.25) is 0 Å². The molecule has 2 nitrogen and oxygen atoms in total. The minimum atomic E-state index is -0.452. The van der Waals surface area contributed by atoms with Crippen LogP contribution in [0.1, 0.15) is 52.4 Å². The highest BCUT2D eigenvalue weighted by Crippen LogP contribution is 2.55. The number of hydrogen-bond acceptors (Lipinski definition) is 2. The standard InChI is InChI=1S/C13H25NO/c1-10-4-7-13(15,8-11(10)2)12(9-14)5-3-6-12/h10-11,15H,3-9,14H2,1-2H3. The molecule has 2 aliphatic rings. The van der Waals surface area contributed by atoms with Gasteiger partial charge in [-0.2, -0.15) is 0 Å². The van der Waals surface area contributed by atoms with Crippen molar-refractivity contribution in [2.24, 2.45) is 23.0 Å². The highest BCUT2D eigenvalue weighted by molar-refractivity contribution is 5.06. The molecule has 15 heavy (non-hydrogen) atoms. The fourth-order valence-electron chi connectivity index (χ4n) is 3.53. The van der Waals surface area contributed by atoms with Gasteiger partial charge >= 0.3 is 0 Å². The van der Waals surface area contributed by atoms with Crippen molar-refractivity contribution in [2.45, 2.75) is 58.0 Å². The summed E-state index contributed by atoms with van der Waals surface area (Å²) in [7, 11) is 0. The van der Waals surface area contributed by atoms with E-state index in [1.807, 2.05) is 0 Å². The lowest BCUT2D eigenvalue weighted by Gasteiger charge is -2.56. The lowest BCUT2D eigenvalue weighted by atomic mass is 9.53. The molecule has 2 fully saturated rings. The van der Waals surface area contributed by atoms with Gasteiger partial charge in [0.1, 0.15) is 0 Å². The summed E-state index contributed by atoms with van der Waals surface area (Å²) in [6, 6.07) is 0. The van der Waals surface area contributed by atoms with E-state index in [-0.39, 0.29) is 5.41 Å². The predicted octanol–water partition coefficient (Wildman–Crippen LogP) is 2.30. The van der Waals surface area contributed by atoms with E-state index in [1.54, 1.807) is 0 Å². The molecule has 0 aromatic carbocycles. The van der Waals surface area contributed by atoms with E-state index in [2.05, 4.69) is 13.8 Å². The Morgan fingerprint density at radius 3 is 2.27 bits per heavy atom. The van der Waals surface area contributed by atoms with Gasteiger partial charge in [0.15, 0.2) is 0 Å². The van der Waals surface area contributed by atoms with Gasteiger partial charge in [0, 0.05) is 12.0 Å². The zero-order chi connectivity index (χ0) is 11.1. The van der Waals surface area contributed by atoms with Gasteiger partial charge in [0.25, 0.3) is 0 Å². The van der Waals surface area contributed by atoms with E-state index < -0.39 is 5.60 Å². The van der Waals surface area contributed by atoms with Crippen molar-refractivity contribution >= 4 is 0 Å². The van der Waals surface area contributed by atoms with Crippen LogP contribution in [0, 0.1) is 17.3 Å². The van der Waals surface area contributed by atoms with Crippen molar-refractivity contribution in [3.05, 3.63) is 0 Å². The third-order valence-corrected chi connectivity index (χ3v) is 5.33. The van der Waals surface area contributed by atoms with E-state index >= 15 is 0 Å². The first-order chi connectivity index (χ1) is 7.03. The molecule has 3 atom stereocenters. The van der Waals surface area contributed by atoms with Crippen LogP contribution in [0.2, 0.25) is 0 Å². The van der Waals surface area contributed by atoms with Crippen LogP contribution in [-0.2, 0) is 0 Å². The summed E-state index contributed by atoms with van der Waals surface area (Å²) in [6.45, 7) is 5.25. The van der Waals surface area contributed by atoms with Gasteiger partial charge in [-0.05, 0) is 43.9 Å². The minimum absolute atomic E-state index is 0.0708. The van der Waals surface area contributed by atoms with Gasteiger partial charge in [0.05, 0.1) is 5.60 Å². The Bertz CT molecular complexity index is 231. The lowest BCUT2D eigenvalue weighted by Crippen LogP contribution is -2.59. The molecule has 0 heterocycles. The van der Waals surface area contributed by atoms with Crippen molar-refractivity contribution in [1.82, 2.24) is 0 Å². The molecule has 2 aliphatic carbocycles. The number of aliphatic hydroxyl groups is 1. The topological polar surface area (TPSA) is 46.2 Å². The molecule has 2 rings (SSSR count). The van der Waals surface area contributed by atoms with Crippen LogP contribution in [0.25, 0.3) is 0 Å². The third kappa shape index (κ3) is 1.62. The van der Waals surface area contributed by atoms with Gasteiger partial charge in [-0.15, -0.1) is 0 Å². The molecule has 0 radical (unpaired) electrons. The van der Waals surface area contributed by atoms with Crippen LogP contribution in [0.3, 0.4) is 0 Å². The molecular formula is C13H25NO. The minimum Gasteiger partial charge on any atom is -0.389 e. The molecule has 88 valence electrons. The predicted molar refractivity (Wildman–Crippen MR) is 62.5 cm³/mol. The van der Waals surface area contributed by atoms with Crippen molar-refractivity contribution in [3.8, 4) is 0 Å². The third-order valence-electron chi connectivity index (χ3n) is 5.33. The highest BCUT2D eigenvalue weighted by Gasteiger charge is 2.54. The second-order valence-electron chi connectivity index (χ2n) is 6.07. The highest BCUT2D eigenvalue weighted by atomic mass is 16.3. The Kier molecular flexibility index (Phi) is 2.85. The first-order valence-corrected chi connectivity index (χ1v) is 6.45. The van der Waals surface area contributed by atoms with E-state index in [0.29, 0.717) is 12.5 Å². The van der Waals surface area contributed by atoms with E-state index in [9.17, 15) is 5.11 Å². The van der Waals surface area contributed by atoms with Crippen LogP contribution >= 0.6 is 0 Å². The van der Waals surface area contributed by atoms with Gasteiger partial charge in [-0.1, -0.05) is 20.3 Å². The van der Waals surface area contributed by atoms with E-state index in [1.165, 1.54) is 12.8 Å². The van der Waals surface area contributed by atoms with Crippen LogP contribution in [0.5, 0.6) is 0 Å². The summed E-state index contributed by atoms with van der Waals surface area (Å²) in [5, 5.41) is 10.8. The van der Waals surface area contributed by atoms with Gasteiger partial charge in [-0.3, -0.25) is 0 Å². The maximum Gasteiger partial charge on any atom is 0.0718 e. The molecule has 0 saturated heterocycles. The molecule has 0 bridgehead atoms. The first kappa shape index (κ1) is 11.4. The molecule has 3 N–H and O–H groups in total. The normalized spacial score (nSPS) is 44.8. The van der Waals surface area contributed by atoms with E-state index in [0.717, 1.165) is 31.6 Å². The summed E-state index contributed by atoms with van der Waals surface area (Å²) in [6.07, 6.45) is 6.63. The largest absolute Gasteiger partial charge is 0.389 e. The molecule has 0 spiro atoms. The van der Waals surface area contributed by atoms with Crippen molar-refractivity contribution in [1.29, 1.82) is 0 Å². The van der Waals surface area contributed by atoms with Crippen LogP contribution in [0.15, 0.2) is 0 Å². The van der Waals surface area contributed by atoms with Gasteiger partial charge < -0.3 is 10.8 Å². The fourth-order valence-corrected chi connectivity index (χ4v) is 3.53. The molecule has 2 heteroatoms. The Hall–Kier alpha value is -0.0800. The Balaban J connectivity index is 2.12. The number of hydrogen-bond donors (Lipinski definition) is 2. The Morgan fingerprint density at radius 2 is 1.87 bits per heavy atom. The van der Waals surface area contributed by atoms with Crippen LogP contribution in [-0.4, -0.2) is 17.3 Å². The zero-order valence-corrected chi connectivity index (χ0v) is 10.1. The SMILES string of the molecule is CC1CCC(O)(C2(CN)CCC2)CC1C. The maximum atomic E-state index is 10.8.